The molecule has 1 aliphatic heterocycles. The van der Waals surface area contributed by atoms with Crippen LogP contribution >= 0.6 is 0 Å². The molecule has 3 atom stereocenters. The molecule has 8 heteroatoms. The van der Waals surface area contributed by atoms with Crippen LogP contribution in [0.4, 0.5) is 0 Å². The van der Waals surface area contributed by atoms with E-state index in [1.54, 1.807) is 6.07 Å². The second-order valence-corrected chi connectivity index (χ2v) is 6.89. The maximum atomic E-state index is 11.2. The van der Waals surface area contributed by atoms with Crippen molar-refractivity contribution in [3.05, 3.63) is 29.3 Å². The molecule has 1 fully saturated rings. The molecule has 1 heterocycles. The summed E-state index contributed by atoms with van der Waals surface area (Å²) in [5.74, 6) is -1.02. The quantitative estimate of drug-likeness (QED) is 0.559. The Hall–Kier alpha value is -2.16. The van der Waals surface area contributed by atoms with Crippen LogP contribution in [0, 0.1) is 0 Å². The zero-order chi connectivity index (χ0) is 22.0. The van der Waals surface area contributed by atoms with Crippen molar-refractivity contribution < 1.29 is 34.0 Å². The van der Waals surface area contributed by atoms with Gasteiger partial charge in [0.2, 0.25) is 6.29 Å². The van der Waals surface area contributed by atoms with Crippen molar-refractivity contribution in [1.29, 1.82) is 0 Å². The number of esters is 1. The third kappa shape index (κ3) is 8.81. The lowest BCUT2D eigenvalue weighted by molar-refractivity contribution is -0.195. The maximum Gasteiger partial charge on any atom is 0.333 e. The van der Waals surface area contributed by atoms with Gasteiger partial charge in [0.05, 0.1) is 6.10 Å². The fourth-order valence-electron chi connectivity index (χ4n) is 2.68. The van der Waals surface area contributed by atoms with Gasteiger partial charge >= 0.3 is 11.9 Å². The lowest BCUT2D eigenvalue weighted by Crippen LogP contribution is -2.42. The Morgan fingerprint density at radius 3 is 2.55 bits per heavy atom. The van der Waals surface area contributed by atoms with E-state index in [1.165, 1.54) is 6.92 Å². The molecule has 3 N–H and O–H groups in total. The number of carboxylic acids is 1. The molecular weight excluding hydrogens is 378 g/mol. The largest absolute Gasteiger partial charge is 0.479 e. The van der Waals surface area contributed by atoms with Gasteiger partial charge in [-0.25, -0.2) is 4.79 Å². The lowest BCUT2D eigenvalue weighted by atomic mass is 10.1. The van der Waals surface area contributed by atoms with Gasteiger partial charge in [-0.2, -0.15) is 0 Å². The van der Waals surface area contributed by atoms with Gasteiger partial charge in [0.15, 0.2) is 6.10 Å². The molecule has 1 aliphatic rings. The number of aliphatic carboxylic acids is 1. The fraction of sp³-hybridized carbons (Fsp3) is 0.619. The van der Waals surface area contributed by atoms with E-state index in [4.69, 9.17) is 19.3 Å². The van der Waals surface area contributed by atoms with E-state index in [0.29, 0.717) is 12.3 Å². The zero-order valence-electron chi connectivity index (χ0n) is 17.8. The number of ether oxygens (including phenoxy) is 3. The monoisotopic (exact) mass is 411 g/mol. The van der Waals surface area contributed by atoms with Crippen LogP contribution in [-0.2, 0) is 32.2 Å². The molecular formula is C21H33NO7. The average molecular weight is 411 g/mol. The van der Waals surface area contributed by atoms with E-state index < -0.39 is 24.5 Å². The summed E-state index contributed by atoms with van der Waals surface area (Å²) in [6.07, 6.45) is -2.60. The minimum Gasteiger partial charge on any atom is -0.479 e. The highest BCUT2D eigenvalue weighted by Crippen LogP contribution is 2.27. The average Bonchev–Trinajstić information content (AvgIpc) is 2.66. The first kappa shape index (κ1) is 24.9. The third-order valence-corrected chi connectivity index (χ3v) is 4.08. The van der Waals surface area contributed by atoms with E-state index in [1.807, 2.05) is 39.8 Å². The highest BCUT2D eigenvalue weighted by molar-refractivity contribution is 5.72. The molecule has 1 aromatic carbocycles. The molecule has 0 aromatic heterocycles. The first-order chi connectivity index (χ1) is 13.7. The Bertz CT molecular complexity index is 662. The van der Waals surface area contributed by atoms with Crippen molar-refractivity contribution >= 4 is 11.9 Å². The van der Waals surface area contributed by atoms with Gasteiger partial charge < -0.3 is 29.7 Å². The number of nitrogens with one attached hydrogen (secondary N) is 1. The van der Waals surface area contributed by atoms with Gasteiger partial charge in [0.25, 0.3) is 0 Å². The van der Waals surface area contributed by atoms with E-state index >= 15 is 0 Å². The van der Waals surface area contributed by atoms with Crippen molar-refractivity contribution in [2.75, 3.05) is 0 Å². The van der Waals surface area contributed by atoms with Crippen LogP contribution in [0.5, 0.6) is 5.75 Å². The van der Waals surface area contributed by atoms with Gasteiger partial charge in [-0.05, 0) is 11.6 Å². The van der Waals surface area contributed by atoms with Crippen LogP contribution < -0.4 is 10.1 Å². The number of rotatable bonds is 8. The molecule has 29 heavy (non-hydrogen) atoms. The Balaban J connectivity index is 0.00000204. The molecule has 3 unspecified atom stereocenters. The van der Waals surface area contributed by atoms with Gasteiger partial charge in [0.1, 0.15) is 12.4 Å². The summed E-state index contributed by atoms with van der Waals surface area (Å²) >= 11 is 0. The number of carbonyl (C=O) groups excluding carboxylic acids is 1. The third-order valence-electron chi connectivity index (χ3n) is 4.08. The van der Waals surface area contributed by atoms with Crippen molar-refractivity contribution in [1.82, 2.24) is 5.32 Å². The number of aliphatic hydroxyl groups excluding tert-OH is 1. The number of benzene rings is 1. The highest BCUT2D eigenvalue weighted by Gasteiger charge is 2.34. The second-order valence-electron chi connectivity index (χ2n) is 6.89. The summed E-state index contributed by atoms with van der Waals surface area (Å²) in [5, 5.41) is 22.4. The minimum absolute atomic E-state index is 0.0312. The van der Waals surface area contributed by atoms with Crippen LogP contribution in [0.15, 0.2) is 18.2 Å². The number of carboxylic acid groups (broad SMARTS) is 1. The highest BCUT2D eigenvalue weighted by atomic mass is 16.7. The number of aliphatic hydroxyl groups is 1. The first-order valence-corrected chi connectivity index (χ1v) is 9.96. The molecule has 0 bridgehead atoms. The molecule has 164 valence electrons. The van der Waals surface area contributed by atoms with Gasteiger partial charge in [0, 0.05) is 37.9 Å². The Kier molecular flexibility index (Phi) is 10.6. The Morgan fingerprint density at radius 2 is 1.97 bits per heavy atom. The predicted molar refractivity (Wildman–Crippen MR) is 107 cm³/mol. The summed E-state index contributed by atoms with van der Waals surface area (Å²) in [6.45, 7) is 10.0. The summed E-state index contributed by atoms with van der Waals surface area (Å²) in [4.78, 5) is 22.2. The molecule has 8 nitrogen and oxygen atoms in total. The van der Waals surface area contributed by atoms with E-state index in [0.717, 1.165) is 11.1 Å². The molecule has 0 spiro atoms. The molecule has 0 aliphatic carbocycles. The van der Waals surface area contributed by atoms with Crippen molar-refractivity contribution in [3.63, 3.8) is 0 Å². The van der Waals surface area contributed by atoms with Crippen LogP contribution in [-0.4, -0.2) is 46.7 Å². The fourth-order valence-corrected chi connectivity index (χ4v) is 2.68. The molecule has 0 radical (unpaired) electrons. The smallest absolute Gasteiger partial charge is 0.333 e. The number of hydrogen-bond acceptors (Lipinski definition) is 7. The maximum absolute atomic E-state index is 11.2. The van der Waals surface area contributed by atoms with Crippen LogP contribution in [0.3, 0.4) is 0 Å². The Morgan fingerprint density at radius 1 is 1.28 bits per heavy atom. The number of carbonyl (C=O) groups is 2. The minimum atomic E-state index is -1.13. The standard InChI is InChI=1S/C19H27NO7.C2H6/c1-11(2)20-9-14-5-4-13(10-25-12(3)21)6-16(14)26-18-8-15(22)7-17(27-18)19(23)24;1-2/h4-6,11,15,17-18,20,22H,7-10H2,1-3H3,(H,23,24);1-2H3. The van der Waals surface area contributed by atoms with Crippen molar-refractivity contribution in [3.8, 4) is 5.75 Å². The molecule has 2 rings (SSSR count). The zero-order valence-corrected chi connectivity index (χ0v) is 17.8. The Labute approximate surface area is 172 Å². The van der Waals surface area contributed by atoms with E-state index in [9.17, 15) is 14.7 Å². The molecule has 1 aromatic rings. The normalized spacial score (nSPS) is 21.1. The molecule has 0 saturated carbocycles. The van der Waals surface area contributed by atoms with Crippen LogP contribution in [0.1, 0.15) is 58.6 Å². The van der Waals surface area contributed by atoms with Gasteiger partial charge in [-0.1, -0.05) is 39.8 Å². The lowest BCUT2D eigenvalue weighted by Gasteiger charge is -2.31. The molecule has 1 saturated heterocycles. The predicted octanol–water partition coefficient (Wildman–Crippen LogP) is 2.60. The van der Waals surface area contributed by atoms with Gasteiger partial charge in [-0.3, -0.25) is 4.79 Å². The summed E-state index contributed by atoms with van der Waals surface area (Å²) < 4.78 is 16.4. The van der Waals surface area contributed by atoms with Gasteiger partial charge in [-0.15, -0.1) is 0 Å². The van der Waals surface area contributed by atoms with Crippen molar-refractivity contribution in [2.24, 2.45) is 0 Å². The second kappa shape index (κ2) is 12.4. The van der Waals surface area contributed by atoms with Crippen LogP contribution in [0.25, 0.3) is 0 Å². The van der Waals surface area contributed by atoms with Crippen molar-refractivity contribution in [2.45, 2.75) is 85.2 Å². The molecule has 0 amide bonds. The summed E-state index contributed by atoms with van der Waals surface area (Å²) in [6, 6.07) is 5.70. The number of hydrogen-bond donors (Lipinski definition) is 3. The van der Waals surface area contributed by atoms with E-state index in [2.05, 4.69) is 5.32 Å². The van der Waals surface area contributed by atoms with Crippen LogP contribution in [0.2, 0.25) is 0 Å². The topological polar surface area (TPSA) is 114 Å². The first-order valence-electron chi connectivity index (χ1n) is 9.96. The SMILES string of the molecule is CC.CC(=O)OCc1ccc(CNC(C)C)c(OC2CC(O)CC(C(=O)O)O2)c1. The summed E-state index contributed by atoms with van der Waals surface area (Å²) in [5.41, 5.74) is 1.59. The summed E-state index contributed by atoms with van der Waals surface area (Å²) in [7, 11) is 0. The van der Waals surface area contributed by atoms with E-state index in [-0.39, 0.29) is 31.5 Å².